The van der Waals surface area contributed by atoms with Crippen LogP contribution in [0.5, 0.6) is 5.75 Å². The molecular weight excluding hydrogens is 425 g/mol. The topological polar surface area (TPSA) is 61.9 Å². The summed E-state index contributed by atoms with van der Waals surface area (Å²) in [5.41, 5.74) is 2.18. The highest BCUT2D eigenvalue weighted by molar-refractivity contribution is 6.36. The van der Waals surface area contributed by atoms with Crippen molar-refractivity contribution in [2.24, 2.45) is 0 Å². The smallest absolute Gasteiger partial charge is 0.246 e. The highest BCUT2D eigenvalue weighted by Gasteiger charge is 2.23. The zero-order valence-corrected chi connectivity index (χ0v) is 18.2. The van der Waals surface area contributed by atoms with Crippen LogP contribution >= 0.6 is 23.2 Å². The van der Waals surface area contributed by atoms with Crippen molar-refractivity contribution in [2.45, 2.75) is 0 Å². The molecule has 1 N–H and O–H groups in total. The number of nitrogens with one attached hydrogen (secondary N) is 1. The number of carbonyl (C=O) groups excluding carboxylic acids is 2. The second-order valence-corrected chi connectivity index (χ2v) is 7.59. The van der Waals surface area contributed by atoms with Gasteiger partial charge in [0.15, 0.2) is 0 Å². The first-order chi connectivity index (χ1) is 14.4. The second-order valence-electron chi connectivity index (χ2n) is 6.78. The van der Waals surface area contributed by atoms with E-state index in [4.69, 9.17) is 27.9 Å². The summed E-state index contributed by atoms with van der Waals surface area (Å²) in [5, 5.41) is 4.23. The largest absolute Gasteiger partial charge is 0.495 e. The number of anilines is 1. The van der Waals surface area contributed by atoms with Gasteiger partial charge in [-0.25, -0.2) is 0 Å². The fourth-order valence-electron chi connectivity index (χ4n) is 3.34. The molecule has 0 atom stereocenters. The van der Waals surface area contributed by atoms with Gasteiger partial charge < -0.3 is 19.9 Å². The number of methoxy groups -OCH3 is 1. The van der Waals surface area contributed by atoms with E-state index in [2.05, 4.69) is 11.9 Å². The van der Waals surface area contributed by atoms with Gasteiger partial charge in [0.05, 0.1) is 24.4 Å². The van der Waals surface area contributed by atoms with Gasteiger partial charge in [0.1, 0.15) is 5.75 Å². The first kappa shape index (κ1) is 22.0. The molecule has 2 amide bonds. The maximum Gasteiger partial charge on any atom is 0.246 e. The highest BCUT2D eigenvalue weighted by Crippen LogP contribution is 2.39. The van der Waals surface area contributed by atoms with E-state index < -0.39 is 0 Å². The number of hydrogen-bond donors (Lipinski definition) is 1. The molecule has 1 saturated heterocycles. The van der Waals surface area contributed by atoms with Gasteiger partial charge >= 0.3 is 0 Å². The average molecular weight is 448 g/mol. The molecule has 1 fully saturated rings. The maximum atomic E-state index is 12.6. The normalized spacial score (nSPS) is 13.7. The number of amides is 2. The van der Waals surface area contributed by atoms with Crippen LogP contribution in [-0.2, 0) is 9.59 Å². The number of ether oxygens (including phenoxy) is 1. The third kappa shape index (κ3) is 4.89. The van der Waals surface area contributed by atoms with Crippen LogP contribution < -0.4 is 10.1 Å². The molecule has 1 aliphatic heterocycles. The van der Waals surface area contributed by atoms with E-state index in [1.807, 2.05) is 24.3 Å². The van der Waals surface area contributed by atoms with Crippen LogP contribution in [0, 0.1) is 0 Å². The van der Waals surface area contributed by atoms with Crippen molar-refractivity contribution in [3.05, 3.63) is 59.1 Å². The van der Waals surface area contributed by atoms with Crippen LogP contribution in [0.15, 0.2) is 49.1 Å². The van der Waals surface area contributed by atoms with Gasteiger partial charge in [-0.3, -0.25) is 9.59 Å². The van der Waals surface area contributed by atoms with Crippen molar-refractivity contribution in [3.8, 4) is 16.9 Å². The Morgan fingerprint density at radius 3 is 2.37 bits per heavy atom. The lowest BCUT2D eigenvalue weighted by molar-refractivity contribution is -0.135. The molecule has 30 heavy (non-hydrogen) atoms. The number of piperazine rings is 1. The monoisotopic (exact) mass is 447 g/mol. The molecule has 0 bridgehead atoms. The first-order valence-corrected chi connectivity index (χ1v) is 10.3. The maximum absolute atomic E-state index is 12.6. The Kier molecular flexibility index (Phi) is 7.24. The van der Waals surface area contributed by atoms with E-state index in [9.17, 15) is 9.59 Å². The third-order valence-electron chi connectivity index (χ3n) is 5.00. The number of nitrogens with zero attached hydrogens (tertiary/aromatic N) is 2. The van der Waals surface area contributed by atoms with Crippen molar-refractivity contribution in [3.63, 3.8) is 0 Å². The van der Waals surface area contributed by atoms with Gasteiger partial charge in [0.25, 0.3) is 0 Å². The van der Waals surface area contributed by atoms with Crippen molar-refractivity contribution < 1.29 is 14.3 Å². The van der Waals surface area contributed by atoms with E-state index in [0.717, 1.165) is 11.1 Å². The minimum atomic E-state index is -0.113. The van der Waals surface area contributed by atoms with Gasteiger partial charge in [0.2, 0.25) is 11.8 Å². The Labute approximate surface area is 186 Å². The molecular formula is C22H23Cl2N3O3. The van der Waals surface area contributed by atoms with Gasteiger partial charge in [-0.1, -0.05) is 48.0 Å². The second kappa shape index (κ2) is 9.87. The number of benzene rings is 2. The van der Waals surface area contributed by atoms with Crippen molar-refractivity contribution in [1.29, 1.82) is 0 Å². The number of carbonyl (C=O) groups is 2. The van der Waals surface area contributed by atoms with E-state index in [1.165, 1.54) is 6.08 Å². The Bertz CT molecular complexity index is 957. The zero-order valence-electron chi connectivity index (χ0n) is 16.7. The molecule has 2 aromatic carbocycles. The molecule has 0 aliphatic carbocycles. The summed E-state index contributed by atoms with van der Waals surface area (Å²) < 4.78 is 5.42. The Balaban J connectivity index is 1.71. The summed E-state index contributed by atoms with van der Waals surface area (Å²) >= 11 is 12.8. The quantitative estimate of drug-likeness (QED) is 0.681. The Morgan fingerprint density at radius 1 is 1.07 bits per heavy atom. The van der Waals surface area contributed by atoms with Crippen LogP contribution in [0.1, 0.15) is 0 Å². The van der Waals surface area contributed by atoms with Crippen LogP contribution in [-0.4, -0.2) is 61.4 Å². The first-order valence-electron chi connectivity index (χ1n) is 9.50. The third-order valence-corrected chi connectivity index (χ3v) is 5.64. The molecule has 6 nitrogen and oxygen atoms in total. The summed E-state index contributed by atoms with van der Waals surface area (Å²) in [7, 11) is 1.55. The molecule has 8 heteroatoms. The summed E-state index contributed by atoms with van der Waals surface area (Å²) in [6, 6.07) is 10.9. The molecule has 0 saturated carbocycles. The highest BCUT2D eigenvalue weighted by atomic mass is 35.5. The van der Waals surface area contributed by atoms with Crippen LogP contribution in [0.3, 0.4) is 0 Å². The molecule has 0 spiro atoms. The number of halogens is 2. The lowest BCUT2D eigenvalue weighted by atomic mass is 10.0. The fraction of sp³-hybridized carbons (Fsp3) is 0.273. The van der Waals surface area contributed by atoms with E-state index >= 15 is 0 Å². The van der Waals surface area contributed by atoms with Crippen LogP contribution in [0.2, 0.25) is 10.0 Å². The summed E-state index contributed by atoms with van der Waals surface area (Å²) in [4.78, 5) is 27.7. The fourth-order valence-corrected chi connectivity index (χ4v) is 3.83. The minimum Gasteiger partial charge on any atom is -0.495 e. The average Bonchev–Trinajstić information content (AvgIpc) is 2.77. The molecule has 1 aliphatic rings. The predicted molar refractivity (Wildman–Crippen MR) is 120 cm³/mol. The van der Waals surface area contributed by atoms with Crippen LogP contribution in [0.4, 0.5) is 5.69 Å². The number of rotatable bonds is 6. The van der Waals surface area contributed by atoms with E-state index in [0.29, 0.717) is 47.7 Å². The molecule has 0 radical (unpaired) electrons. The lowest BCUT2D eigenvalue weighted by Gasteiger charge is -2.34. The summed E-state index contributed by atoms with van der Waals surface area (Å²) in [6.07, 6.45) is 1.29. The molecule has 3 rings (SSSR count). The number of hydrogen-bond acceptors (Lipinski definition) is 4. The van der Waals surface area contributed by atoms with Gasteiger partial charge in [0, 0.05) is 48.4 Å². The predicted octanol–water partition coefficient (Wildman–Crippen LogP) is 3.94. The summed E-state index contributed by atoms with van der Waals surface area (Å²) in [6.45, 7) is 5.56. The van der Waals surface area contributed by atoms with Gasteiger partial charge in [-0.15, -0.1) is 0 Å². The van der Waals surface area contributed by atoms with E-state index in [-0.39, 0.29) is 18.4 Å². The van der Waals surface area contributed by atoms with E-state index in [1.54, 1.807) is 29.0 Å². The Hall–Kier alpha value is -2.70. The van der Waals surface area contributed by atoms with Crippen LogP contribution in [0.25, 0.3) is 11.1 Å². The molecule has 2 aromatic rings. The standard InChI is InChI=1S/C22H23Cl2N3O3/c1-3-21(28)26-8-10-27(11-9-26)22(29)14-25-19-12-16(18(24)13-20(19)30-2)15-6-4-5-7-17(15)23/h3-7,12-13,25H,1,8-11,14H2,2H3. The molecule has 158 valence electrons. The minimum absolute atomic E-state index is 0.0583. The van der Waals surface area contributed by atoms with Gasteiger partial charge in [-0.2, -0.15) is 0 Å². The SMILES string of the molecule is C=CC(=O)N1CCN(C(=O)CNc2cc(-c3ccccc3Cl)c(Cl)cc2OC)CC1. The molecule has 0 aromatic heterocycles. The zero-order chi connectivity index (χ0) is 21.7. The summed E-state index contributed by atoms with van der Waals surface area (Å²) in [5.74, 6) is 0.361. The molecule has 0 unspecified atom stereocenters. The van der Waals surface area contributed by atoms with Crippen molar-refractivity contribution in [2.75, 3.05) is 45.2 Å². The Morgan fingerprint density at radius 2 is 1.73 bits per heavy atom. The lowest BCUT2D eigenvalue weighted by Crippen LogP contribution is -2.51. The van der Waals surface area contributed by atoms with Crippen molar-refractivity contribution >= 4 is 40.7 Å². The van der Waals surface area contributed by atoms with Gasteiger partial charge in [-0.05, 0) is 18.2 Å². The molecule has 1 heterocycles. The van der Waals surface area contributed by atoms with Crippen molar-refractivity contribution in [1.82, 2.24) is 9.80 Å².